The van der Waals surface area contributed by atoms with Crippen LogP contribution < -0.4 is 10.5 Å². The Morgan fingerprint density at radius 3 is 2.94 bits per heavy atom. The van der Waals surface area contributed by atoms with Crippen LogP contribution >= 0.6 is 0 Å². The summed E-state index contributed by atoms with van der Waals surface area (Å²) in [7, 11) is 0. The summed E-state index contributed by atoms with van der Waals surface area (Å²) in [4.78, 5) is 8.25. The van der Waals surface area contributed by atoms with Gasteiger partial charge in [-0.3, -0.25) is 4.98 Å². The van der Waals surface area contributed by atoms with Gasteiger partial charge in [0.15, 0.2) is 0 Å². The molecule has 2 rings (SSSR count). The summed E-state index contributed by atoms with van der Waals surface area (Å²) in [6, 6.07) is 7.77. The molecule has 88 valence electrons. The highest BCUT2D eigenvalue weighted by atomic mass is 16.5. The van der Waals surface area contributed by atoms with E-state index in [0.717, 1.165) is 23.4 Å². The van der Waals surface area contributed by atoms with Gasteiger partial charge < -0.3 is 10.5 Å². The maximum Gasteiger partial charge on any atom is 0.142 e. The topological polar surface area (TPSA) is 61.0 Å². The molecular weight excluding hydrogens is 214 g/mol. The summed E-state index contributed by atoms with van der Waals surface area (Å²) in [6.07, 6.45) is 4.21. The molecule has 0 fully saturated rings. The van der Waals surface area contributed by atoms with Crippen LogP contribution in [0.3, 0.4) is 0 Å². The summed E-state index contributed by atoms with van der Waals surface area (Å²) in [6.45, 7) is 2.79. The van der Waals surface area contributed by atoms with Crippen LogP contribution in [0.4, 0.5) is 5.82 Å². The Kier molecular flexibility index (Phi) is 3.55. The number of rotatable bonds is 4. The van der Waals surface area contributed by atoms with Crippen molar-refractivity contribution >= 4 is 5.82 Å². The monoisotopic (exact) mass is 229 g/mol. The van der Waals surface area contributed by atoms with E-state index >= 15 is 0 Å². The Morgan fingerprint density at radius 2 is 2.18 bits per heavy atom. The van der Waals surface area contributed by atoms with Crippen molar-refractivity contribution in [1.29, 1.82) is 0 Å². The molecule has 2 aromatic rings. The number of hydrogen-bond acceptors (Lipinski definition) is 4. The molecule has 0 spiro atoms. The van der Waals surface area contributed by atoms with E-state index in [4.69, 9.17) is 10.5 Å². The predicted molar refractivity (Wildman–Crippen MR) is 67.7 cm³/mol. The molecule has 0 aliphatic carbocycles. The van der Waals surface area contributed by atoms with Gasteiger partial charge in [-0.25, -0.2) is 4.98 Å². The lowest BCUT2D eigenvalue weighted by molar-refractivity contribution is 0.317. The van der Waals surface area contributed by atoms with Crippen molar-refractivity contribution in [2.45, 2.75) is 13.3 Å². The largest absolute Gasteiger partial charge is 0.494 e. The third kappa shape index (κ3) is 2.93. The van der Waals surface area contributed by atoms with Crippen molar-refractivity contribution in [1.82, 2.24) is 9.97 Å². The maximum atomic E-state index is 5.61. The first-order chi connectivity index (χ1) is 8.29. The van der Waals surface area contributed by atoms with Gasteiger partial charge in [0.1, 0.15) is 11.6 Å². The van der Waals surface area contributed by atoms with Gasteiger partial charge in [-0.15, -0.1) is 0 Å². The SMILES string of the molecule is CCCOc1cccc(-c2cncc(N)n2)c1. The van der Waals surface area contributed by atoms with Crippen molar-refractivity contribution in [2.75, 3.05) is 12.3 Å². The van der Waals surface area contributed by atoms with Crippen LogP contribution in [-0.4, -0.2) is 16.6 Å². The van der Waals surface area contributed by atoms with Gasteiger partial charge in [0.2, 0.25) is 0 Å². The van der Waals surface area contributed by atoms with Crippen molar-refractivity contribution in [3.63, 3.8) is 0 Å². The molecule has 1 aromatic heterocycles. The molecule has 0 unspecified atom stereocenters. The first-order valence-electron chi connectivity index (χ1n) is 5.60. The zero-order valence-corrected chi connectivity index (χ0v) is 9.76. The van der Waals surface area contributed by atoms with E-state index in [2.05, 4.69) is 16.9 Å². The number of aromatic nitrogens is 2. The molecule has 0 saturated heterocycles. The number of nitrogens with two attached hydrogens (primary N) is 1. The van der Waals surface area contributed by atoms with Crippen molar-refractivity contribution < 1.29 is 4.74 Å². The highest BCUT2D eigenvalue weighted by Crippen LogP contribution is 2.22. The average Bonchev–Trinajstić information content (AvgIpc) is 2.37. The quantitative estimate of drug-likeness (QED) is 0.875. The Labute approximate surface area is 100 Å². The zero-order valence-electron chi connectivity index (χ0n) is 9.76. The Hall–Kier alpha value is -2.10. The first kappa shape index (κ1) is 11.4. The van der Waals surface area contributed by atoms with Crippen LogP contribution in [0.5, 0.6) is 5.75 Å². The standard InChI is InChI=1S/C13H15N3O/c1-2-6-17-11-5-3-4-10(7-11)12-8-15-9-13(14)16-12/h3-5,7-9H,2,6H2,1H3,(H2,14,16). The number of ether oxygens (including phenoxy) is 1. The summed E-state index contributed by atoms with van der Waals surface area (Å²) in [5, 5.41) is 0. The first-order valence-corrected chi connectivity index (χ1v) is 5.60. The van der Waals surface area contributed by atoms with Gasteiger partial charge in [0.05, 0.1) is 24.7 Å². The van der Waals surface area contributed by atoms with Gasteiger partial charge in [-0.05, 0) is 18.6 Å². The van der Waals surface area contributed by atoms with Crippen molar-refractivity contribution in [3.8, 4) is 17.0 Å². The fraction of sp³-hybridized carbons (Fsp3) is 0.231. The minimum atomic E-state index is 0.419. The van der Waals surface area contributed by atoms with E-state index in [1.54, 1.807) is 6.20 Å². The molecule has 1 aromatic carbocycles. The van der Waals surface area contributed by atoms with E-state index in [0.29, 0.717) is 12.4 Å². The highest BCUT2D eigenvalue weighted by Gasteiger charge is 2.02. The van der Waals surface area contributed by atoms with Crippen LogP contribution in [0.1, 0.15) is 13.3 Å². The molecule has 17 heavy (non-hydrogen) atoms. The molecule has 0 aliphatic rings. The van der Waals surface area contributed by atoms with Crippen molar-refractivity contribution in [3.05, 3.63) is 36.7 Å². The van der Waals surface area contributed by atoms with E-state index < -0.39 is 0 Å². The molecule has 0 atom stereocenters. The average molecular weight is 229 g/mol. The summed E-state index contributed by atoms with van der Waals surface area (Å²) >= 11 is 0. The van der Waals surface area contributed by atoms with Crippen LogP contribution in [0, 0.1) is 0 Å². The second kappa shape index (κ2) is 5.30. The zero-order chi connectivity index (χ0) is 12.1. The fourth-order valence-electron chi connectivity index (χ4n) is 1.49. The number of nitrogen functional groups attached to an aromatic ring is 1. The van der Waals surface area contributed by atoms with Gasteiger partial charge >= 0.3 is 0 Å². The number of anilines is 1. The summed E-state index contributed by atoms with van der Waals surface area (Å²) in [5.41, 5.74) is 7.32. The van der Waals surface area contributed by atoms with E-state index in [1.165, 1.54) is 6.20 Å². The van der Waals surface area contributed by atoms with E-state index in [9.17, 15) is 0 Å². The molecule has 1 heterocycles. The van der Waals surface area contributed by atoms with Crippen molar-refractivity contribution in [2.24, 2.45) is 0 Å². The number of hydrogen-bond donors (Lipinski definition) is 1. The summed E-state index contributed by atoms with van der Waals surface area (Å²) < 4.78 is 5.57. The van der Waals surface area contributed by atoms with Gasteiger partial charge in [0, 0.05) is 5.56 Å². The minimum Gasteiger partial charge on any atom is -0.494 e. The smallest absolute Gasteiger partial charge is 0.142 e. The number of benzene rings is 1. The van der Waals surface area contributed by atoms with Gasteiger partial charge in [-0.1, -0.05) is 19.1 Å². The lowest BCUT2D eigenvalue weighted by Crippen LogP contribution is -1.96. The second-order valence-electron chi connectivity index (χ2n) is 3.71. The van der Waals surface area contributed by atoms with Gasteiger partial charge in [0.25, 0.3) is 0 Å². The minimum absolute atomic E-state index is 0.419. The maximum absolute atomic E-state index is 5.61. The Balaban J connectivity index is 2.26. The third-order valence-electron chi connectivity index (χ3n) is 2.26. The predicted octanol–water partition coefficient (Wildman–Crippen LogP) is 2.51. The molecule has 4 nitrogen and oxygen atoms in total. The lowest BCUT2D eigenvalue weighted by atomic mass is 10.1. The Bertz CT molecular complexity index is 500. The molecule has 2 N–H and O–H groups in total. The Morgan fingerprint density at radius 1 is 1.29 bits per heavy atom. The molecule has 0 saturated carbocycles. The van der Waals surface area contributed by atoms with Gasteiger partial charge in [-0.2, -0.15) is 0 Å². The third-order valence-corrected chi connectivity index (χ3v) is 2.26. The molecule has 0 bridgehead atoms. The van der Waals surface area contributed by atoms with Crippen LogP contribution in [0.15, 0.2) is 36.7 Å². The molecular formula is C13H15N3O. The van der Waals surface area contributed by atoms with Crippen LogP contribution in [-0.2, 0) is 0 Å². The molecule has 0 radical (unpaired) electrons. The van der Waals surface area contributed by atoms with E-state index in [1.807, 2.05) is 24.3 Å². The number of nitrogens with zero attached hydrogens (tertiary/aromatic N) is 2. The fourth-order valence-corrected chi connectivity index (χ4v) is 1.49. The molecule has 0 amide bonds. The summed E-state index contributed by atoms with van der Waals surface area (Å²) in [5.74, 6) is 1.26. The lowest BCUT2D eigenvalue weighted by Gasteiger charge is -2.06. The molecule has 0 aliphatic heterocycles. The normalized spacial score (nSPS) is 10.2. The molecule has 4 heteroatoms. The van der Waals surface area contributed by atoms with Crippen LogP contribution in [0.25, 0.3) is 11.3 Å². The second-order valence-corrected chi connectivity index (χ2v) is 3.71. The van der Waals surface area contributed by atoms with Crippen LogP contribution in [0.2, 0.25) is 0 Å². The van der Waals surface area contributed by atoms with E-state index in [-0.39, 0.29) is 0 Å². The highest BCUT2D eigenvalue weighted by molar-refractivity contribution is 5.61.